The van der Waals surface area contributed by atoms with Gasteiger partial charge in [-0.05, 0) is 32.0 Å². The number of benzene rings is 1. The fourth-order valence-corrected chi connectivity index (χ4v) is 1.91. The Labute approximate surface area is 116 Å². The van der Waals surface area contributed by atoms with E-state index >= 15 is 0 Å². The Bertz CT molecular complexity index is 615. The van der Waals surface area contributed by atoms with Gasteiger partial charge in [-0.2, -0.15) is 0 Å². The molecule has 2 rings (SSSR count). The van der Waals surface area contributed by atoms with Crippen LogP contribution >= 0.6 is 0 Å². The lowest BCUT2D eigenvalue weighted by Crippen LogP contribution is -2.06. The molecule has 0 bridgehead atoms. The molecule has 6 nitrogen and oxygen atoms in total. The maximum atomic E-state index is 11.4. The largest absolute Gasteiger partial charge is 0.465 e. The van der Waals surface area contributed by atoms with E-state index in [1.807, 2.05) is 13.8 Å². The molecule has 0 atom stereocenters. The number of carbonyl (C=O) groups excluding carboxylic acids is 1. The molecule has 2 aromatic rings. The molecule has 1 aromatic carbocycles. The number of nitrogens with one attached hydrogen (secondary N) is 1. The predicted octanol–water partition coefficient (Wildman–Crippen LogP) is 2.27. The van der Waals surface area contributed by atoms with Crippen molar-refractivity contribution in [3.05, 3.63) is 40.8 Å². The Morgan fingerprint density at radius 1 is 1.45 bits per heavy atom. The summed E-state index contributed by atoms with van der Waals surface area (Å²) in [6.45, 7) is 4.31. The third-order valence-corrected chi connectivity index (χ3v) is 3.11. The van der Waals surface area contributed by atoms with E-state index in [-0.39, 0.29) is 0 Å². The van der Waals surface area contributed by atoms with Crippen molar-refractivity contribution in [2.24, 2.45) is 0 Å². The number of aryl methyl sites for hydroxylation is 2. The second-order valence-corrected chi connectivity index (χ2v) is 4.45. The van der Waals surface area contributed by atoms with Gasteiger partial charge in [0.2, 0.25) is 0 Å². The van der Waals surface area contributed by atoms with Gasteiger partial charge < -0.3 is 20.3 Å². The number of rotatable bonds is 4. The van der Waals surface area contributed by atoms with Crippen LogP contribution in [-0.2, 0) is 11.3 Å². The van der Waals surface area contributed by atoms with Crippen molar-refractivity contribution in [1.82, 2.24) is 5.16 Å². The number of ether oxygens (including phenoxy) is 1. The predicted molar refractivity (Wildman–Crippen MR) is 75.5 cm³/mol. The standard InChI is InChI=1S/C14H17N3O3/c1-8-11(9(2)20-17-8)7-16-13-5-4-10(6-12(13)15)14(18)19-3/h4-6,16H,7,15H2,1-3H3. The van der Waals surface area contributed by atoms with E-state index in [0.29, 0.717) is 17.8 Å². The molecule has 0 amide bonds. The van der Waals surface area contributed by atoms with E-state index in [4.69, 9.17) is 10.3 Å². The molecule has 0 saturated heterocycles. The Morgan fingerprint density at radius 3 is 2.75 bits per heavy atom. The van der Waals surface area contributed by atoms with Gasteiger partial charge in [0.1, 0.15) is 5.76 Å². The van der Waals surface area contributed by atoms with E-state index in [0.717, 1.165) is 22.7 Å². The van der Waals surface area contributed by atoms with Crippen LogP contribution in [0, 0.1) is 13.8 Å². The fraction of sp³-hybridized carbons (Fsp3) is 0.286. The Kier molecular flexibility index (Phi) is 3.93. The number of methoxy groups -OCH3 is 1. The van der Waals surface area contributed by atoms with E-state index in [1.165, 1.54) is 7.11 Å². The summed E-state index contributed by atoms with van der Waals surface area (Å²) in [4.78, 5) is 11.4. The summed E-state index contributed by atoms with van der Waals surface area (Å²) < 4.78 is 9.74. The summed E-state index contributed by atoms with van der Waals surface area (Å²) in [6, 6.07) is 5.00. The average Bonchev–Trinajstić information content (AvgIpc) is 2.76. The first-order chi connectivity index (χ1) is 9.52. The summed E-state index contributed by atoms with van der Waals surface area (Å²) in [5.41, 5.74) is 9.43. The number of nitrogens with zero attached hydrogens (tertiary/aromatic N) is 1. The fourth-order valence-electron chi connectivity index (χ4n) is 1.91. The highest BCUT2D eigenvalue weighted by atomic mass is 16.5. The lowest BCUT2D eigenvalue weighted by atomic mass is 10.1. The quantitative estimate of drug-likeness (QED) is 0.657. The zero-order valence-electron chi connectivity index (χ0n) is 11.7. The van der Waals surface area contributed by atoms with Gasteiger partial charge in [-0.1, -0.05) is 5.16 Å². The minimum atomic E-state index is -0.408. The van der Waals surface area contributed by atoms with Crippen LogP contribution in [0.4, 0.5) is 11.4 Å². The molecule has 0 aliphatic carbocycles. The molecule has 0 fully saturated rings. The number of anilines is 2. The van der Waals surface area contributed by atoms with E-state index in [9.17, 15) is 4.79 Å². The lowest BCUT2D eigenvalue weighted by Gasteiger charge is -2.10. The Hall–Kier alpha value is -2.50. The van der Waals surface area contributed by atoms with Crippen LogP contribution in [-0.4, -0.2) is 18.2 Å². The second kappa shape index (κ2) is 5.64. The first-order valence-corrected chi connectivity index (χ1v) is 6.16. The number of hydrogen-bond donors (Lipinski definition) is 2. The molecule has 106 valence electrons. The number of carbonyl (C=O) groups is 1. The molecule has 0 spiro atoms. The van der Waals surface area contributed by atoms with Gasteiger partial charge in [-0.3, -0.25) is 0 Å². The molecule has 3 N–H and O–H groups in total. The molecule has 0 radical (unpaired) electrons. The van der Waals surface area contributed by atoms with E-state index in [1.54, 1.807) is 18.2 Å². The molecule has 0 unspecified atom stereocenters. The first kappa shape index (κ1) is 13.9. The van der Waals surface area contributed by atoms with Crippen molar-refractivity contribution in [1.29, 1.82) is 0 Å². The van der Waals surface area contributed by atoms with Crippen molar-refractivity contribution in [2.45, 2.75) is 20.4 Å². The lowest BCUT2D eigenvalue weighted by molar-refractivity contribution is 0.0601. The third kappa shape index (κ3) is 2.74. The van der Waals surface area contributed by atoms with Crippen LogP contribution < -0.4 is 11.1 Å². The van der Waals surface area contributed by atoms with Crippen molar-refractivity contribution in [3.8, 4) is 0 Å². The van der Waals surface area contributed by atoms with Crippen LogP contribution in [0.2, 0.25) is 0 Å². The van der Waals surface area contributed by atoms with Gasteiger partial charge in [-0.25, -0.2) is 4.79 Å². The molecule has 6 heteroatoms. The van der Waals surface area contributed by atoms with Gasteiger partial charge >= 0.3 is 5.97 Å². The highest BCUT2D eigenvalue weighted by Crippen LogP contribution is 2.22. The monoisotopic (exact) mass is 275 g/mol. The average molecular weight is 275 g/mol. The van der Waals surface area contributed by atoms with Crippen molar-refractivity contribution >= 4 is 17.3 Å². The smallest absolute Gasteiger partial charge is 0.337 e. The molecule has 0 saturated carbocycles. The minimum absolute atomic E-state index is 0.408. The highest BCUT2D eigenvalue weighted by molar-refractivity contribution is 5.91. The molecule has 20 heavy (non-hydrogen) atoms. The second-order valence-electron chi connectivity index (χ2n) is 4.45. The number of nitrogens with two attached hydrogens (primary N) is 1. The van der Waals surface area contributed by atoms with E-state index in [2.05, 4.69) is 15.2 Å². The number of hydrogen-bond acceptors (Lipinski definition) is 6. The van der Waals surface area contributed by atoms with Gasteiger partial charge in [0.15, 0.2) is 0 Å². The minimum Gasteiger partial charge on any atom is -0.465 e. The topological polar surface area (TPSA) is 90.4 Å². The number of nitrogen functional groups attached to an aromatic ring is 1. The van der Waals surface area contributed by atoms with E-state index < -0.39 is 5.97 Å². The molecule has 0 aliphatic rings. The third-order valence-electron chi connectivity index (χ3n) is 3.11. The summed E-state index contributed by atoms with van der Waals surface area (Å²) >= 11 is 0. The normalized spacial score (nSPS) is 10.3. The first-order valence-electron chi connectivity index (χ1n) is 6.16. The van der Waals surface area contributed by atoms with Crippen molar-refractivity contribution in [3.63, 3.8) is 0 Å². The van der Waals surface area contributed by atoms with Crippen molar-refractivity contribution < 1.29 is 14.1 Å². The van der Waals surface area contributed by atoms with Crippen LogP contribution in [0.25, 0.3) is 0 Å². The summed E-state index contributed by atoms with van der Waals surface area (Å²) in [5, 5.41) is 7.10. The summed E-state index contributed by atoms with van der Waals surface area (Å²) in [7, 11) is 1.34. The van der Waals surface area contributed by atoms with Crippen LogP contribution in [0.5, 0.6) is 0 Å². The van der Waals surface area contributed by atoms with Crippen LogP contribution in [0.15, 0.2) is 22.7 Å². The Balaban J connectivity index is 2.13. The zero-order chi connectivity index (χ0) is 14.7. The maximum Gasteiger partial charge on any atom is 0.337 e. The summed E-state index contributed by atoms with van der Waals surface area (Å²) in [6.07, 6.45) is 0. The van der Waals surface area contributed by atoms with Crippen molar-refractivity contribution in [2.75, 3.05) is 18.2 Å². The molecule has 1 aromatic heterocycles. The van der Waals surface area contributed by atoms with Gasteiger partial charge in [0, 0.05) is 12.1 Å². The van der Waals surface area contributed by atoms with Crippen LogP contribution in [0.1, 0.15) is 27.4 Å². The number of aromatic nitrogens is 1. The molecular formula is C14H17N3O3. The SMILES string of the molecule is COC(=O)c1ccc(NCc2c(C)noc2C)c(N)c1. The molecule has 0 aliphatic heterocycles. The zero-order valence-corrected chi connectivity index (χ0v) is 11.7. The molecular weight excluding hydrogens is 258 g/mol. The summed E-state index contributed by atoms with van der Waals surface area (Å²) in [5.74, 6) is 0.369. The van der Waals surface area contributed by atoms with Gasteiger partial charge in [0.25, 0.3) is 0 Å². The maximum absolute atomic E-state index is 11.4. The number of esters is 1. The Morgan fingerprint density at radius 2 is 2.20 bits per heavy atom. The highest BCUT2D eigenvalue weighted by Gasteiger charge is 2.11. The molecule has 1 heterocycles. The van der Waals surface area contributed by atoms with Gasteiger partial charge in [-0.15, -0.1) is 0 Å². The van der Waals surface area contributed by atoms with Crippen LogP contribution in [0.3, 0.4) is 0 Å². The van der Waals surface area contributed by atoms with Gasteiger partial charge in [0.05, 0.1) is 29.7 Å².